The van der Waals surface area contributed by atoms with Gasteiger partial charge in [-0.15, -0.1) is 10.2 Å². The third-order valence-electron chi connectivity index (χ3n) is 3.27. The predicted octanol–water partition coefficient (Wildman–Crippen LogP) is 2.69. The Balaban J connectivity index is 2.15. The van der Waals surface area contributed by atoms with Crippen molar-refractivity contribution in [2.75, 3.05) is 0 Å². The minimum absolute atomic E-state index is 0.0780. The van der Waals surface area contributed by atoms with Gasteiger partial charge in [0.05, 0.1) is 4.90 Å². The lowest BCUT2D eigenvalue weighted by molar-refractivity contribution is 0.592. The van der Waals surface area contributed by atoms with E-state index in [4.69, 9.17) is 5.73 Å². The van der Waals surface area contributed by atoms with Crippen LogP contribution in [0.1, 0.15) is 24.7 Å². The van der Waals surface area contributed by atoms with Crippen molar-refractivity contribution in [3.63, 3.8) is 0 Å². The number of halogens is 1. The van der Waals surface area contributed by atoms with Gasteiger partial charge in [0.1, 0.15) is 11.6 Å². The van der Waals surface area contributed by atoms with E-state index in [1.807, 2.05) is 31.5 Å². The van der Waals surface area contributed by atoms with Crippen molar-refractivity contribution in [3.05, 3.63) is 35.4 Å². The summed E-state index contributed by atoms with van der Waals surface area (Å²) in [6.45, 7) is 3.89. The first-order valence-electron chi connectivity index (χ1n) is 6.59. The summed E-state index contributed by atoms with van der Waals surface area (Å²) in [7, 11) is 1.87. The average Bonchev–Trinajstić information content (AvgIpc) is 2.73. The normalized spacial score (nSPS) is 12.7. The highest BCUT2D eigenvalue weighted by Crippen LogP contribution is 2.29. The van der Waals surface area contributed by atoms with E-state index in [1.54, 1.807) is 12.1 Å². The van der Waals surface area contributed by atoms with Crippen LogP contribution in [0, 0.1) is 12.7 Å². The van der Waals surface area contributed by atoms with Crippen LogP contribution in [0.4, 0.5) is 4.39 Å². The molecule has 1 aromatic heterocycles. The molecule has 0 aliphatic heterocycles. The fraction of sp³-hybridized carbons (Fsp3) is 0.429. The fourth-order valence-corrected chi connectivity index (χ4v) is 2.62. The van der Waals surface area contributed by atoms with Crippen LogP contribution in [-0.2, 0) is 13.5 Å². The molecule has 4 nitrogen and oxygen atoms in total. The molecule has 0 aliphatic carbocycles. The zero-order valence-electron chi connectivity index (χ0n) is 11.9. The zero-order chi connectivity index (χ0) is 14.7. The Morgan fingerprint density at radius 3 is 2.70 bits per heavy atom. The molecule has 0 saturated carbocycles. The van der Waals surface area contributed by atoms with Gasteiger partial charge < -0.3 is 10.3 Å². The SMILES string of the molecule is CCC(N)Cc1ccc(Sc2nnc(C)n2C)c(F)c1. The molecular weight excluding hydrogens is 275 g/mol. The number of nitrogens with zero attached hydrogens (tertiary/aromatic N) is 3. The number of rotatable bonds is 5. The Morgan fingerprint density at radius 1 is 1.40 bits per heavy atom. The molecule has 0 bridgehead atoms. The van der Waals surface area contributed by atoms with Crippen molar-refractivity contribution in [1.29, 1.82) is 0 Å². The van der Waals surface area contributed by atoms with Crippen molar-refractivity contribution in [3.8, 4) is 0 Å². The molecule has 6 heteroatoms. The van der Waals surface area contributed by atoms with Gasteiger partial charge >= 0.3 is 0 Å². The smallest absolute Gasteiger partial charge is 0.195 e. The van der Waals surface area contributed by atoms with Crippen LogP contribution < -0.4 is 5.73 Å². The van der Waals surface area contributed by atoms with E-state index in [0.717, 1.165) is 17.8 Å². The van der Waals surface area contributed by atoms with Crippen molar-refractivity contribution in [1.82, 2.24) is 14.8 Å². The summed E-state index contributed by atoms with van der Waals surface area (Å²) in [5.74, 6) is 0.565. The number of aryl methyl sites for hydroxylation is 1. The van der Waals surface area contributed by atoms with Gasteiger partial charge in [-0.1, -0.05) is 13.0 Å². The second kappa shape index (κ2) is 6.37. The molecule has 20 heavy (non-hydrogen) atoms. The van der Waals surface area contributed by atoms with Crippen LogP contribution in [0.3, 0.4) is 0 Å². The highest BCUT2D eigenvalue weighted by atomic mass is 32.2. The molecule has 1 unspecified atom stereocenters. The first kappa shape index (κ1) is 15.0. The number of benzene rings is 1. The lowest BCUT2D eigenvalue weighted by atomic mass is 10.0. The van der Waals surface area contributed by atoms with Crippen molar-refractivity contribution < 1.29 is 4.39 Å². The van der Waals surface area contributed by atoms with Gasteiger partial charge in [0, 0.05) is 13.1 Å². The Morgan fingerprint density at radius 2 is 2.15 bits per heavy atom. The van der Waals surface area contributed by atoms with Gasteiger partial charge in [-0.2, -0.15) is 0 Å². The van der Waals surface area contributed by atoms with Crippen LogP contribution >= 0.6 is 11.8 Å². The van der Waals surface area contributed by atoms with Crippen LogP contribution in [0.25, 0.3) is 0 Å². The van der Waals surface area contributed by atoms with Crippen LogP contribution in [0.2, 0.25) is 0 Å². The van der Waals surface area contributed by atoms with Gasteiger partial charge in [-0.05, 0) is 49.2 Å². The maximum Gasteiger partial charge on any atom is 0.195 e. The zero-order valence-corrected chi connectivity index (χ0v) is 12.7. The van der Waals surface area contributed by atoms with Gasteiger partial charge in [0.25, 0.3) is 0 Å². The monoisotopic (exact) mass is 294 g/mol. The van der Waals surface area contributed by atoms with Gasteiger partial charge in [-0.3, -0.25) is 0 Å². The molecule has 0 aliphatic rings. The maximum absolute atomic E-state index is 14.1. The molecule has 0 fully saturated rings. The molecule has 2 N–H and O–H groups in total. The lowest BCUT2D eigenvalue weighted by Gasteiger charge is -2.10. The topological polar surface area (TPSA) is 56.7 Å². The molecule has 108 valence electrons. The first-order valence-corrected chi connectivity index (χ1v) is 7.40. The quantitative estimate of drug-likeness (QED) is 0.921. The minimum Gasteiger partial charge on any atom is -0.327 e. The van der Waals surface area contributed by atoms with E-state index in [0.29, 0.717) is 16.5 Å². The van der Waals surface area contributed by atoms with Gasteiger partial charge in [0.15, 0.2) is 5.16 Å². The Bertz CT molecular complexity index is 597. The largest absolute Gasteiger partial charge is 0.327 e. The van der Waals surface area contributed by atoms with Crippen molar-refractivity contribution in [2.45, 2.75) is 42.8 Å². The standard InChI is InChI=1S/C14H19FN4S/c1-4-11(16)7-10-5-6-13(12(15)8-10)20-14-18-17-9(2)19(14)3/h5-6,8,11H,4,7,16H2,1-3H3. The summed E-state index contributed by atoms with van der Waals surface area (Å²) < 4.78 is 15.9. The molecule has 1 atom stereocenters. The van der Waals surface area contributed by atoms with Crippen LogP contribution in [0.15, 0.2) is 28.3 Å². The van der Waals surface area contributed by atoms with E-state index in [2.05, 4.69) is 10.2 Å². The van der Waals surface area contributed by atoms with Crippen molar-refractivity contribution >= 4 is 11.8 Å². The number of aromatic nitrogens is 3. The summed E-state index contributed by atoms with van der Waals surface area (Å²) in [5.41, 5.74) is 6.82. The molecular formula is C14H19FN4S. The number of nitrogens with two attached hydrogens (primary N) is 1. The number of hydrogen-bond acceptors (Lipinski definition) is 4. The minimum atomic E-state index is -0.239. The molecule has 1 aromatic carbocycles. The summed E-state index contributed by atoms with van der Waals surface area (Å²) in [5, 5.41) is 8.67. The summed E-state index contributed by atoms with van der Waals surface area (Å²) >= 11 is 1.28. The van der Waals surface area contributed by atoms with Gasteiger partial charge in [-0.25, -0.2) is 4.39 Å². The van der Waals surface area contributed by atoms with E-state index >= 15 is 0 Å². The molecule has 1 heterocycles. The Labute approximate surface area is 122 Å². The summed E-state index contributed by atoms with van der Waals surface area (Å²) in [6.07, 6.45) is 1.58. The predicted molar refractivity (Wildman–Crippen MR) is 78.2 cm³/mol. The van der Waals surface area contributed by atoms with E-state index in [-0.39, 0.29) is 11.9 Å². The molecule has 2 aromatic rings. The van der Waals surface area contributed by atoms with Crippen LogP contribution in [-0.4, -0.2) is 20.8 Å². The second-order valence-electron chi connectivity index (χ2n) is 4.83. The maximum atomic E-state index is 14.1. The summed E-state index contributed by atoms with van der Waals surface area (Å²) in [4.78, 5) is 0.550. The summed E-state index contributed by atoms with van der Waals surface area (Å²) in [6, 6.07) is 5.33. The fourth-order valence-electron chi connectivity index (χ4n) is 1.78. The van der Waals surface area contributed by atoms with E-state index < -0.39 is 0 Å². The third kappa shape index (κ3) is 3.37. The molecule has 0 saturated heterocycles. The molecule has 0 amide bonds. The second-order valence-corrected chi connectivity index (χ2v) is 5.84. The lowest BCUT2D eigenvalue weighted by Crippen LogP contribution is -2.21. The molecule has 2 rings (SSSR count). The number of hydrogen-bond donors (Lipinski definition) is 1. The highest BCUT2D eigenvalue weighted by molar-refractivity contribution is 7.99. The molecule has 0 spiro atoms. The Hall–Kier alpha value is -1.40. The average molecular weight is 294 g/mol. The Kier molecular flexibility index (Phi) is 4.77. The van der Waals surface area contributed by atoms with Gasteiger partial charge in [0.2, 0.25) is 0 Å². The first-order chi connectivity index (χ1) is 9.51. The van der Waals surface area contributed by atoms with E-state index in [9.17, 15) is 4.39 Å². The highest BCUT2D eigenvalue weighted by Gasteiger charge is 2.12. The molecule has 0 radical (unpaired) electrons. The van der Waals surface area contributed by atoms with Crippen molar-refractivity contribution in [2.24, 2.45) is 12.8 Å². The van der Waals surface area contributed by atoms with Crippen LogP contribution in [0.5, 0.6) is 0 Å². The third-order valence-corrected chi connectivity index (χ3v) is 4.36. The van der Waals surface area contributed by atoms with E-state index in [1.165, 1.54) is 11.8 Å².